The van der Waals surface area contributed by atoms with Gasteiger partial charge in [0.05, 0.1) is 26.0 Å². The van der Waals surface area contributed by atoms with Gasteiger partial charge >= 0.3 is 7.60 Å². The molecule has 4 nitrogen and oxygen atoms in total. The van der Waals surface area contributed by atoms with E-state index in [2.05, 4.69) is 6.92 Å². The van der Waals surface area contributed by atoms with Crippen molar-refractivity contribution in [3.05, 3.63) is 29.3 Å². The molecule has 0 N–H and O–H groups in total. The van der Waals surface area contributed by atoms with E-state index in [1.165, 1.54) is 6.07 Å². The van der Waals surface area contributed by atoms with Crippen LogP contribution in [0, 0.1) is 23.5 Å². The van der Waals surface area contributed by atoms with Gasteiger partial charge in [-0.3, -0.25) is 4.57 Å². The van der Waals surface area contributed by atoms with Crippen molar-refractivity contribution < 1.29 is 27.1 Å². The molecule has 0 aliphatic heterocycles. The molecule has 7 heteroatoms. The number of rotatable bonds is 10. The number of hydrogen-bond donors (Lipinski definition) is 0. The van der Waals surface area contributed by atoms with Crippen molar-refractivity contribution in [1.29, 1.82) is 0 Å². The Hall–Kier alpha value is -0.970. The molecule has 28 heavy (non-hydrogen) atoms. The Bertz CT molecular complexity index is 665. The van der Waals surface area contributed by atoms with Gasteiger partial charge in [-0.2, -0.15) is 4.39 Å². The van der Waals surface area contributed by atoms with Crippen LogP contribution in [0.2, 0.25) is 0 Å². The Kier molecular flexibility index (Phi) is 8.91. The fourth-order valence-electron chi connectivity index (χ4n) is 3.75. The predicted molar refractivity (Wildman–Crippen MR) is 107 cm³/mol. The van der Waals surface area contributed by atoms with Crippen LogP contribution < -0.4 is 4.74 Å². The fraction of sp³-hybridized carbons (Fsp3) is 0.714. The molecule has 0 aromatic heterocycles. The molecule has 1 aromatic rings. The average molecular weight is 418 g/mol. The molecule has 1 saturated carbocycles. The Morgan fingerprint density at radius 1 is 1.07 bits per heavy atom. The van der Waals surface area contributed by atoms with Gasteiger partial charge in [-0.15, -0.1) is 0 Å². The normalized spacial score (nSPS) is 21.5. The van der Waals surface area contributed by atoms with Crippen LogP contribution in [0.3, 0.4) is 0 Å². The average Bonchev–Trinajstić information content (AvgIpc) is 2.64. The zero-order chi connectivity index (χ0) is 20.7. The molecule has 0 saturated heterocycles. The number of hydrogen-bond acceptors (Lipinski definition) is 4. The quantitative estimate of drug-likeness (QED) is 0.405. The van der Waals surface area contributed by atoms with Gasteiger partial charge < -0.3 is 13.8 Å². The van der Waals surface area contributed by atoms with Crippen molar-refractivity contribution in [2.24, 2.45) is 11.8 Å². The Morgan fingerprint density at radius 3 is 2.25 bits per heavy atom. The third-order valence-electron chi connectivity index (χ3n) is 5.24. The largest absolute Gasteiger partial charge is 0.490 e. The summed E-state index contributed by atoms with van der Waals surface area (Å²) >= 11 is 0. The first-order valence-corrected chi connectivity index (χ1v) is 12.0. The molecule has 1 unspecified atom stereocenters. The van der Waals surface area contributed by atoms with E-state index in [1.54, 1.807) is 19.9 Å². The molecule has 0 spiro atoms. The van der Waals surface area contributed by atoms with Crippen molar-refractivity contribution in [3.63, 3.8) is 0 Å². The lowest BCUT2D eigenvalue weighted by atomic mass is 9.79. The smallest absolute Gasteiger partial charge is 0.331 e. The van der Waals surface area contributed by atoms with Gasteiger partial charge in [0.1, 0.15) is 0 Å². The van der Waals surface area contributed by atoms with Gasteiger partial charge in [0.25, 0.3) is 0 Å². The van der Waals surface area contributed by atoms with Gasteiger partial charge in [0.15, 0.2) is 11.6 Å². The maximum atomic E-state index is 14.6. The zero-order valence-electron chi connectivity index (χ0n) is 17.4. The van der Waals surface area contributed by atoms with Crippen LogP contribution in [0.1, 0.15) is 64.9 Å². The first kappa shape index (κ1) is 23.3. The molecule has 1 aliphatic rings. The lowest BCUT2D eigenvalue weighted by Crippen LogP contribution is -2.16. The molecule has 0 radical (unpaired) electrons. The van der Waals surface area contributed by atoms with E-state index in [4.69, 9.17) is 13.8 Å². The summed E-state index contributed by atoms with van der Waals surface area (Å²) in [7, 11) is -3.20. The van der Waals surface area contributed by atoms with Gasteiger partial charge in [-0.25, -0.2) is 4.39 Å². The van der Waals surface area contributed by atoms with Crippen molar-refractivity contribution in [2.75, 3.05) is 26.0 Å². The molecule has 160 valence electrons. The van der Waals surface area contributed by atoms with E-state index >= 15 is 0 Å². The number of benzene rings is 1. The third kappa shape index (κ3) is 6.27. The van der Waals surface area contributed by atoms with Crippen LogP contribution >= 0.6 is 7.60 Å². The Labute approximate surface area is 167 Å². The Balaban J connectivity index is 1.99. The molecule has 0 heterocycles. The summed E-state index contributed by atoms with van der Waals surface area (Å²) < 4.78 is 57.7. The van der Waals surface area contributed by atoms with Crippen molar-refractivity contribution in [1.82, 2.24) is 0 Å². The van der Waals surface area contributed by atoms with Crippen LogP contribution in [0.5, 0.6) is 5.75 Å². The summed E-state index contributed by atoms with van der Waals surface area (Å²) in [6.07, 6.45) is 4.03. The molecule has 2 rings (SSSR count). The summed E-state index contributed by atoms with van der Waals surface area (Å²) in [4.78, 5) is 0. The second-order valence-corrected chi connectivity index (χ2v) is 9.89. The molecule has 1 atom stereocenters. The SMILES string of the molecule is CCOP(=O)(CC(C)COc1ccc(C2CCC(C)CC2)c(F)c1F)OCC. The van der Waals surface area contributed by atoms with E-state index in [9.17, 15) is 13.3 Å². The van der Waals surface area contributed by atoms with E-state index in [-0.39, 0.29) is 43.6 Å². The molecule has 0 amide bonds. The van der Waals surface area contributed by atoms with Crippen LogP contribution in [-0.4, -0.2) is 26.0 Å². The van der Waals surface area contributed by atoms with E-state index in [1.807, 2.05) is 6.92 Å². The minimum Gasteiger partial charge on any atom is -0.490 e. The first-order chi connectivity index (χ1) is 13.3. The Morgan fingerprint density at radius 2 is 1.68 bits per heavy atom. The summed E-state index contributed by atoms with van der Waals surface area (Å²) in [5, 5.41) is 0. The lowest BCUT2D eigenvalue weighted by molar-refractivity contribution is 0.205. The van der Waals surface area contributed by atoms with Crippen molar-refractivity contribution in [3.8, 4) is 5.75 Å². The lowest BCUT2D eigenvalue weighted by Gasteiger charge is -2.27. The van der Waals surface area contributed by atoms with Gasteiger partial charge in [-0.05, 0) is 50.2 Å². The van der Waals surface area contributed by atoms with Gasteiger partial charge in [0, 0.05) is 5.92 Å². The summed E-state index contributed by atoms with van der Waals surface area (Å²) in [6.45, 7) is 8.18. The maximum Gasteiger partial charge on any atom is 0.331 e. The molecule has 1 aromatic carbocycles. The van der Waals surface area contributed by atoms with Crippen LogP contribution in [0.4, 0.5) is 8.78 Å². The van der Waals surface area contributed by atoms with E-state index < -0.39 is 19.2 Å². The molecule has 1 aliphatic carbocycles. The second kappa shape index (κ2) is 10.7. The standard InChI is InChI=1S/C21H33F2O4P/c1-5-26-28(24,27-6-2)14-16(4)13-25-19-12-11-18(20(22)21(19)23)17-9-7-15(3)8-10-17/h11-12,15-17H,5-10,13-14H2,1-4H3. The fourth-order valence-corrected chi connectivity index (χ4v) is 5.69. The minimum atomic E-state index is -3.20. The first-order valence-electron chi connectivity index (χ1n) is 10.3. The summed E-state index contributed by atoms with van der Waals surface area (Å²) in [5.41, 5.74) is 0.446. The summed E-state index contributed by atoms with van der Waals surface area (Å²) in [5.74, 6) is -1.34. The molecular weight excluding hydrogens is 385 g/mol. The zero-order valence-corrected chi connectivity index (χ0v) is 18.3. The van der Waals surface area contributed by atoms with Gasteiger partial charge in [0.2, 0.25) is 5.82 Å². The van der Waals surface area contributed by atoms with Crippen LogP contribution in [0.15, 0.2) is 12.1 Å². The third-order valence-corrected chi connectivity index (χ3v) is 7.62. The second-order valence-electron chi connectivity index (χ2n) is 7.78. The van der Waals surface area contributed by atoms with E-state index in [0.717, 1.165) is 25.7 Å². The van der Waals surface area contributed by atoms with Crippen LogP contribution in [-0.2, 0) is 13.6 Å². The number of halogens is 2. The van der Waals surface area contributed by atoms with E-state index in [0.29, 0.717) is 11.5 Å². The highest BCUT2D eigenvalue weighted by Crippen LogP contribution is 2.49. The highest BCUT2D eigenvalue weighted by molar-refractivity contribution is 7.53. The molecule has 1 fully saturated rings. The summed E-state index contributed by atoms with van der Waals surface area (Å²) in [6, 6.07) is 3.15. The highest BCUT2D eigenvalue weighted by Gasteiger charge is 2.28. The van der Waals surface area contributed by atoms with Crippen molar-refractivity contribution >= 4 is 7.60 Å². The predicted octanol–water partition coefficient (Wildman–Crippen LogP) is 6.54. The monoisotopic (exact) mass is 418 g/mol. The topological polar surface area (TPSA) is 44.8 Å². The molecular formula is C21H33F2O4P. The van der Waals surface area contributed by atoms with Crippen molar-refractivity contribution in [2.45, 2.75) is 59.3 Å². The van der Waals surface area contributed by atoms with Crippen LogP contribution in [0.25, 0.3) is 0 Å². The number of ether oxygens (including phenoxy) is 1. The minimum absolute atomic E-state index is 0.0712. The highest BCUT2D eigenvalue weighted by atomic mass is 31.2. The maximum absolute atomic E-state index is 14.6. The van der Waals surface area contributed by atoms with Gasteiger partial charge in [-0.1, -0.05) is 32.8 Å². The molecule has 0 bridgehead atoms.